The third-order valence-electron chi connectivity index (χ3n) is 5.12. The lowest BCUT2D eigenvalue weighted by Gasteiger charge is -2.35. The van der Waals surface area contributed by atoms with Crippen LogP contribution >= 0.6 is 0 Å². The van der Waals surface area contributed by atoms with E-state index in [-0.39, 0.29) is 0 Å². The van der Waals surface area contributed by atoms with E-state index in [4.69, 9.17) is 0 Å². The summed E-state index contributed by atoms with van der Waals surface area (Å²) in [5.74, 6) is 0. The van der Waals surface area contributed by atoms with E-state index in [0.717, 1.165) is 44.0 Å². The number of rotatable bonds is 5. The van der Waals surface area contributed by atoms with Crippen LogP contribution in [0.2, 0.25) is 0 Å². The van der Waals surface area contributed by atoms with Crippen molar-refractivity contribution in [1.82, 2.24) is 19.6 Å². The van der Waals surface area contributed by atoms with Crippen molar-refractivity contribution >= 4 is 0 Å². The second kappa shape index (κ2) is 7.47. The van der Waals surface area contributed by atoms with Gasteiger partial charge in [0.15, 0.2) is 0 Å². The molecule has 0 unspecified atom stereocenters. The van der Waals surface area contributed by atoms with Gasteiger partial charge < -0.3 is 5.11 Å². The van der Waals surface area contributed by atoms with Crippen molar-refractivity contribution in [2.24, 2.45) is 7.05 Å². The maximum absolute atomic E-state index is 10.4. The second-order valence-corrected chi connectivity index (χ2v) is 6.78. The molecule has 1 N–H and O–H groups in total. The summed E-state index contributed by atoms with van der Waals surface area (Å²) in [4.78, 5) is 4.85. The standard InChI is InChI=1S/C19H28N4O/c1-15-18(16(2)21(3)20-15)13-22-9-11-23(12-10-22)14-19(24)17-7-5-4-6-8-17/h4-8,19,24H,9-14H2,1-3H3/t19-/m1/s1. The van der Waals surface area contributed by atoms with Gasteiger partial charge in [-0.05, 0) is 19.4 Å². The first kappa shape index (κ1) is 17.1. The van der Waals surface area contributed by atoms with Gasteiger partial charge in [0, 0.05) is 57.6 Å². The number of hydrogen-bond acceptors (Lipinski definition) is 4. The average molecular weight is 328 g/mol. The van der Waals surface area contributed by atoms with Gasteiger partial charge in [0.05, 0.1) is 11.8 Å². The SMILES string of the molecule is Cc1nn(C)c(C)c1CN1CCN(C[C@@H](O)c2ccccc2)CC1. The summed E-state index contributed by atoms with van der Waals surface area (Å²) in [5.41, 5.74) is 4.75. The molecule has 3 rings (SSSR count). The molecule has 1 aromatic heterocycles. The lowest BCUT2D eigenvalue weighted by Crippen LogP contribution is -2.47. The molecular weight excluding hydrogens is 300 g/mol. The number of aliphatic hydroxyl groups is 1. The van der Waals surface area contributed by atoms with Crippen molar-refractivity contribution in [3.8, 4) is 0 Å². The zero-order valence-electron chi connectivity index (χ0n) is 14.9. The van der Waals surface area contributed by atoms with E-state index in [2.05, 4.69) is 28.7 Å². The van der Waals surface area contributed by atoms with Crippen LogP contribution < -0.4 is 0 Å². The maximum atomic E-state index is 10.4. The molecule has 1 aliphatic rings. The molecule has 24 heavy (non-hydrogen) atoms. The molecule has 0 aliphatic carbocycles. The molecule has 0 radical (unpaired) electrons. The van der Waals surface area contributed by atoms with Crippen LogP contribution in [0.5, 0.6) is 0 Å². The topological polar surface area (TPSA) is 44.5 Å². The van der Waals surface area contributed by atoms with E-state index in [0.29, 0.717) is 6.54 Å². The molecule has 0 saturated carbocycles. The zero-order chi connectivity index (χ0) is 17.1. The van der Waals surface area contributed by atoms with Gasteiger partial charge in [-0.1, -0.05) is 30.3 Å². The number of piperazine rings is 1. The Kier molecular flexibility index (Phi) is 5.33. The van der Waals surface area contributed by atoms with E-state index in [1.54, 1.807) is 0 Å². The summed E-state index contributed by atoms with van der Waals surface area (Å²) in [6, 6.07) is 9.94. The Labute approximate surface area is 144 Å². The molecule has 0 spiro atoms. The normalized spacial score (nSPS) is 18.0. The Bertz CT molecular complexity index is 660. The van der Waals surface area contributed by atoms with Crippen LogP contribution in [0.3, 0.4) is 0 Å². The van der Waals surface area contributed by atoms with Crippen molar-refractivity contribution in [2.45, 2.75) is 26.5 Å². The first-order valence-corrected chi connectivity index (χ1v) is 8.71. The van der Waals surface area contributed by atoms with Crippen LogP contribution in [0.15, 0.2) is 30.3 Å². The minimum absolute atomic E-state index is 0.402. The number of β-amino-alcohol motifs (C(OH)–C–C–N with tert-alkyl or cyclic N) is 1. The van der Waals surface area contributed by atoms with Crippen LogP contribution in [-0.2, 0) is 13.6 Å². The highest BCUT2D eigenvalue weighted by Gasteiger charge is 2.21. The van der Waals surface area contributed by atoms with E-state index in [9.17, 15) is 5.11 Å². The van der Waals surface area contributed by atoms with Gasteiger partial charge in [-0.15, -0.1) is 0 Å². The number of benzene rings is 1. The minimum Gasteiger partial charge on any atom is -0.387 e. The Morgan fingerprint density at radius 1 is 1.04 bits per heavy atom. The lowest BCUT2D eigenvalue weighted by atomic mass is 10.1. The molecule has 2 aromatic rings. The minimum atomic E-state index is -0.402. The van der Waals surface area contributed by atoms with Crippen molar-refractivity contribution in [3.63, 3.8) is 0 Å². The number of hydrogen-bond donors (Lipinski definition) is 1. The van der Waals surface area contributed by atoms with Crippen LogP contribution in [0, 0.1) is 13.8 Å². The summed E-state index contributed by atoms with van der Waals surface area (Å²) < 4.78 is 1.97. The third kappa shape index (κ3) is 3.86. The van der Waals surface area contributed by atoms with Gasteiger partial charge in [-0.2, -0.15) is 5.10 Å². The molecule has 5 heteroatoms. The highest BCUT2D eigenvalue weighted by atomic mass is 16.3. The Morgan fingerprint density at radius 2 is 1.67 bits per heavy atom. The summed E-state index contributed by atoms with van der Waals surface area (Å²) in [6.45, 7) is 10.00. The monoisotopic (exact) mass is 328 g/mol. The van der Waals surface area contributed by atoms with Crippen LogP contribution in [0.4, 0.5) is 0 Å². The second-order valence-electron chi connectivity index (χ2n) is 6.78. The van der Waals surface area contributed by atoms with E-state index in [1.807, 2.05) is 42.1 Å². The molecule has 1 fully saturated rings. The van der Waals surface area contributed by atoms with Crippen LogP contribution in [0.25, 0.3) is 0 Å². The Balaban J connectivity index is 1.51. The Morgan fingerprint density at radius 3 is 2.25 bits per heavy atom. The van der Waals surface area contributed by atoms with Crippen molar-refractivity contribution < 1.29 is 5.11 Å². The molecular formula is C19H28N4O. The third-order valence-corrected chi connectivity index (χ3v) is 5.12. The highest BCUT2D eigenvalue weighted by molar-refractivity contribution is 5.24. The van der Waals surface area contributed by atoms with Crippen LogP contribution in [-0.4, -0.2) is 57.4 Å². The van der Waals surface area contributed by atoms with Gasteiger partial charge in [0.25, 0.3) is 0 Å². The molecule has 1 aliphatic heterocycles. The summed E-state index contributed by atoms with van der Waals surface area (Å²) in [5, 5.41) is 14.9. The molecule has 1 saturated heterocycles. The van der Waals surface area contributed by atoms with Crippen molar-refractivity contribution in [2.75, 3.05) is 32.7 Å². The summed E-state index contributed by atoms with van der Waals surface area (Å²) in [6.07, 6.45) is -0.402. The van der Waals surface area contributed by atoms with Crippen LogP contribution in [0.1, 0.15) is 28.6 Å². The Hall–Kier alpha value is -1.69. The number of nitrogens with zero attached hydrogens (tertiary/aromatic N) is 4. The van der Waals surface area contributed by atoms with Gasteiger partial charge in [-0.25, -0.2) is 0 Å². The van der Waals surface area contributed by atoms with E-state index in [1.165, 1.54) is 11.3 Å². The molecule has 0 bridgehead atoms. The largest absolute Gasteiger partial charge is 0.387 e. The van der Waals surface area contributed by atoms with Gasteiger partial charge in [0.1, 0.15) is 0 Å². The first-order valence-electron chi connectivity index (χ1n) is 8.71. The quantitative estimate of drug-likeness (QED) is 0.910. The molecule has 0 amide bonds. The molecule has 2 heterocycles. The maximum Gasteiger partial charge on any atom is 0.0916 e. The number of aryl methyl sites for hydroxylation is 2. The predicted molar refractivity (Wildman–Crippen MR) is 95.8 cm³/mol. The fraction of sp³-hybridized carbons (Fsp3) is 0.526. The molecule has 130 valence electrons. The zero-order valence-corrected chi connectivity index (χ0v) is 14.9. The van der Waals surface area contributed by atoms with E-state index >= 15 is 0 Å². The highest BCUT2D eigenvalue weighted by Crippen LogP contribution is 2.18. The summed E-state index contributed by atoms with van der Waals surface area (Å²) >= 11 is 0. The van der Waals surface area contributed by atoms with Crippen molar-refractivity contribution in [1.29, 1.82) is 0 Å². The molecule has 1 atom stereocenters. The van der Waals surface area contributed by atoms with Crippen molar-refractivity contribution in [3.05, 3.63) is 52.8 Å². The smallest absolute Gasteiger partial charge is 0.0916 e. The molecule has 1 aromatic carbocycles. The summed E-state index contributed by atoms with van der Waals surface area (Å²) in [7, 11) is 2.01. The van der Waals surface area contributed by atoms with Gasteiger partial charge in [0.2, 0.25) is 0 Å². The first-order chi connectivity index (χ1) is 11.5. The van der Waals surface area contributed by atoms with Gasteiger partial charge in [-0.3, -0.25) is 14.5 Å². The fourth-order valence-electron chi connectivity index (χ4n) is 3.43. The number of aliphatic hydroxyl groups excluding tert-OH is 1. The lowest BCUT2D eigenvalue weighted by molar-refractivity contribution is 0.0700. The van der Waals surface area contributed by atoms with E-state index < -0.39 is 6.10 Å². The number of aromatic nitrogens is 2. The fourth-order valence-corrected chi connectivity index (χ4v) is 3.43. The van der Waals surface area contributed by atoms with Gasteiger partial charge >= 0.3 is 0 Å². The molecule has 5 nitrogen and oxygen atoms in total. The predicted octanol–water partition coefficient (Wildman–Crippen LogP) is 1.89. The average Bonchev–Trinajstić information content (AvgIpc) is 2.83.